The van der Waals surface area contributed by atoms with Crippen LogP contribution < -0.4 is 0 Å². The molecule has 5 heteroatoms. The average molecular weight is 461 g/mol. The van der Waals surface area contributed by atoms with E-state index in [1.165, 1.54) is 11.1 Å². The minimum Gasteiger partial charge on any atom is -0.462 e. The summed E-state index contributed by atoms with van der Waals surface area (Å²) in [6.07, 6.45) is 7.59. The number of aliphatic hydroxyl groups excluding tert-OH is 1. The number of hydrogen-bond acceptors (Lipinski definition) is 5. The molecule has 7 atom stereocenters. The van der Waals surface area contributed by atoms with Crippen molar-refractivity contribution in [1.29, 1.82) is 0 Å². The Labute approximate surface area is 200 Å². The second kappa shape index (κ2) is 10.3. The lowest BCUT2D eigenvalue weighted by Crippen LogP contribution is -2.44. The number of aliphatic hydroxyl groups is 1. The standard InChI is InChI=1S/C28H44O5/c1-8-28(6,7)27(31)33-24-12-17(4)11-23-22(16(2)3)13-18(5)21(26(23)24)10-9-20-14-19(29)15-25(30)32-20/h11,13,16-21,24,26,29H,8-10,12,14-15H2,1-7H3. The van der Waals surface area contributed by atoms with Gasteiger partial charge in [0.05, 0.1) is 17.9 Å². The molecule has 186 valence electrons. The summed E-state index contributed by atoms with van der Waals surface area (Å²) < 4.78 is 11.8. The first-order chi connectivity index (χ1) is 15.4. The van der Waals surface area contributed by atoms with E-state index in [0.29, 0.717) is 30.1 Å². The van der Waals surface area contributed by atoms with Crippen molar-refractivity contribution in [1.82, 2.24) is 0 Å². The van der Waals surface area contributed by atoms with Gasteiger partial charge < -0.3 is 14.6 Å². The molecule has 33 heavy (non-hydrogen) atoms. The zero-order valence-electron chi connectivity index (χ0n) is 21.6. The van der Waals surface area contributed by atoms with Gasteiger partial charge >= 0.3 is 11.9 Å². The quantitative estimate of drug-likeness (QED) is 0.500. The second-order valence-electron chi connectivity index (χ2n) is 11.6. The normalized spacial score (nSPS) is 34.8. The third-order valence-corrected chi connectivity index (χ3v) is 8.11. The van der Waals surface area contributed by atoms with Gasteiger partial charge in [0.1, 0.15) is 12.2 Å². The maximum absolute atomic E-state index is 13.1. The third kappa shape index (κ3) is 5.90. The van der Waals surface area contributed by atoms with Crippen molar-refractivity contribution in [3.63, 3.8) is 0 Å². The molecule has 1 N–H and O–H groups in total. The number of rotatable bonds is 7. The number of hydrogen-bond donors (Lipinski definition) is 1. The average Bonchev–Trinajstić information content (AvgIpc) is 2.71. The molecule has 0 aromatic carbocycles. The van der Waals surface area contributed by atoms with Gasteiger partial charge in [-0.2, -0.15) is 0 Å². The van der Waals surface area contributed by atoms with Crippen molar-refractivity contribution in [2.75, 3.05) is 0 Å². The van der Waals surface area contributed by atoms with Crippen LogP contribution in [0.4, 0.5) is 0 Å². The maximum atomic E-state index is 13.1. The molecule has 7 unspecified atom stereocenters. The minimum atomic E-state index is -0.608. The topological polar surface area (TPSA) is 72.8 Å². The summed E-state index contributed by atoms with van der Waals surface area (Å²) in [7, 11) is 0. The van der Waals surface area contributed by atoms with E-state index in [1.54, 1.807) is 0 Å². The van der Waals surface area contributed by atoms with Crippen LogP contribution in [0, 0.1) is 35.0 Å². The molecule has 1 saturated heterocycles. The van der Waals surface area contributed by atoms with E-state index in [0.717, 1.165) is 25.7 Å². The molecule has 1 fully saturated rings. The summed E-state index contributed by atoms with van der Waals surface area (Å²) in [5.41, 5.74) is 2.23. The largest absolute Gasteiger partial charge is 0.462 e. The second-order valence-corrected chi connectivity index (χ2v) is 11.6. The summed E-state index contributed by atoms with van der Waals surface area (Å²) in [4.78, 5) is 24.9. The van der Waals surface area contributed by atoms with Crippen LogP contribution in [0.1, 0.15) is 87.0 Å². The van der Waals surface area contributed by atoms with Gasteiger partial charge in [-0.05, 0) is 74.3 Å². The van der Waals surface area contributed by atoms with Crippen molar-refractivity contribution < 1.29 is 24.2 Å². The Balaban J connectivity index is 1.88. The van der Waals surface area contributed by atoms with Crippen LogP contribution in [0.25, 0.3) is 0 Å². The van der Waals surface area contributed by atoms with Gasteiger partial charge in [-0.1, -0.05) is 46.8 Å². The molecule has 0 aromatic rings. The third-order valence-electron chi connectivity index (χ3n) is 8.11. The van der Waals surface area contributed by atoms with Crippen LogP contribution in [0.5, 0.6) is 0 Å². The fraction of sp³-hybridized carbons (Fsp3) is 0.786. The van der Waals surface area contributed by atoms with Gasteiger partial charge in [-0.15, -0.1) is 0 Å². The highest BCUT2D eigenvalue weighted by molar-refractivity contribution is 5.76. The van der Waals surface area contributed by atoms with Crippen LogP contribution in [0.2, 0.25) is 0 Å². The molecule has 3 aliphatic rings. The first-order valence-electron chi connectivity index (χ1n) is 12.9. The Morgan fingerprint density at radius 2 is 1.91 bits per heavy atom. The molecule has 0 saturated carbocycles. The van der Waals surface area contributed by atoms with E-state index in [-0.39, 0.29) is 36.5 Å². The number of carbonyl (C=O) groups is 2. The van der Waals surface area contributed by atoms with Gasteiger partial charge in [0, 0.05) is 12.3 Å². The van der Waals surface area contributed by atoms with E-state index in [1.807, 2.05) is 20.8 Å². The van der Waals surface area contributed by atoms with E-state index in [4.69, 9.17) is 9.47 Å². The fourth-order valence-corrected chi connectivity index (χ4v) is 5.77. The highest BCUT2D eigenvalue weighted by atomic mass is 16.6. The predicted octanol–water partition coefficient (Wildman–Crippen LogP) is 5.61. The van der Waals surface area contributed by atoms with Gasteiger partial charge in [0.2, 0.25) is 0 Å². The molecular formula is C28H44O5. The van der Waals surface area contributed by atoms with E-state index in [2.05, 4.69) is 39.8 Å². The van der Waals surface area contributed by atoms with Crippen molar-refractivity contribution in [2.45, 2.75) is 105 Å². The minimum absolute atomic E-state index is 0.0927. The Morgan fingerprint density at radius 1 is 1.21 bits per heavy atom. The molecule has 1 heterocycles. The number of esters is 2. The number of allylic oxidation sites excluding steroid dienone is 3. The van der Waals surface area contributed by atoms with E-state index in [9.17, 15) is 14.7 Å². The van der Waals surface area contributed by atoms with Gasteiger partial charge in [0.15, 0.2) is 0 Å². The Bertz CT molecular complexity index is 792. The molecule has 2 aliphatic carbocycles. The Kier molecular flexibility index (Phi) is 8.14. The number of carbonyl (C=O) groups excluding carboxylic acids is 2. The SMILES string of the molecule is CCC(C)(C)C(=O)OC1CC(C)C=C2C(C(C)C)=CC(C)C(CCC3CC(O)CC(=O)O3)C21. The van der Waals surface area contributed by atoms with Gasteiger partial charge in [-0.3, -0.25) is 9.59 Å². The van der Waals surface area contributed by atoms with Crippen LogP contribution in [0.3, 0.4) is 0 Å². The molecule has 5 nitrogen and oxygen atoms in total. The van der Waals surface area contributed by atoms with Crippen molar-refractivity contribution in [3.05, 3.63) is 23.3 Å². The zero-order chi connectivity index (χ0) is 24.5. The lowest BCUT2D eigenvalue weighted by molar-refractivity contribution is -0.166. The predicted molar refractivity (Wildman–Crippen MR) is 129 cm³/mol. The summed E-state index contributed by atoms with van der Waals surface area (Å²) >= 11 is 0. The first kappa shape index (κ1) is 26.0. The molecule has 1 aliphatic heterocycles. The smallest absolute Gasteiger partial charge is 0.311 e. The lowest BCUT2D eigenvalue weighted by Gasteiger charge is -2.46. The zero-order valence-corrected chi connectivity index (χ0v) is 21.6. The summed E-state index contributed by atoms with van der Waals surface area (Å²) in [5.74, 6) is 1.13. The van der Waals surface area contributed by atoms with Crippen LogP contribution in [-0.4, -0.2) is 35.4 Å². The number of cyclic esters (lactones) is 1. The highest BCUT2D eigenvalue weighted by Gasteiger charge is 2.45. The van der Waals surface area contributed by atoms with E-state index >= 15 is 0 Å². The lowest BCUT2D eigenvalue weighted by atomic mass is 9.61. The monoisotopic (exact) mass is 460 g/mol. The summed E-state index contributed by atoms with van der Waals surface area (Å²) in [6.45, 7) is 14.9. The van der Waals surface area contributed by atoms with Crippen LogP contribution in [-0.2, 0) is 19.1 Å². The van der Waals surface area contributed by atoms with Crippen LogP contribution in [0.15, 0.2) is 23.3 Å². The molecule has 0 aromatic heterocycles. The molecule has 0 bridgehead atoms. The van der Waals surface area contributed by atoms with Crippen molar-refractivity contribution >= 4 is 11.9 Å². The van der Waals surface area contributed by atoms with Gasteiger partial charge in [-0.25, -0.2) is 0 Å². The summed E-state index contributed by atoms with van der Waals surface area (Å²) in [5, 5.41) is 10.0. The Morgan fingerprint density at radius 3 is 2.52 bits per heavy atom. The maximum Gasteiger partial charge on any atom is 0.311 e. The van der Waals surface area contributed by atoms with Crippen LogP contribution >= 0.6 is 0 Å². The van der Waals surface area contributed by atoms with Crippen molar-refractivity contribution in [2.24, 2.45) is 35.0 Å². The molecule has 0 radical (unpaired) electrons. The highest BCUT2D eigenvalue weighted by Crippen LogP contribution is 2.49. The van der Waals surface area contributed by atoms with Gasteiger partial charge in [0.25, 0.3) is 0 Å². The fourth-order valence-electron chi connectivity index (χ4n) is 5.77. The molecule has 0 spiro atoms. The Hall–Kier alpha value is -1.62. The number of fused-ring (bicyclic) bond motifs is 1. The molecular weight excluding hydrogens is 416 g/mol. The van der Waals surface area contributed by atoms with E-state index < -0.39 is 11.5 Å². The number of ether oxygens (including phenoxy) is 2. The van der Waals surface area contributed by atoms with Crippen molar-refractivity contribution in [3.8, 4) is 0 Å². The molecule has 0 amide bonds. The molecule has 3 rings (SSSR count). The summed E-state index contributed by atoms with van der Waals surface area (Å²) in [6, 6.07) is 0. The first-order valence-corrected chi connectivity index (χ1v) is 12.9.